The van der Waals surface area contributed by atoms with Crippen LogP contribution in [0, 0.1) is 0 Å². The van der Waals surface area contributed by atoms with E-state index in [2.05, 4.69) is 9.78 Å². The molecule has 3 rings (SSSR count). The van der Waals surface area contributed by atoms with Gasteiger partial charge in [-0.3, -0.25) is 8.89 Å². The van der Waals surface area contributed by atoms with Gasteiger partial charge in [0.15, 0.2) is 0 Å². The molecule has 0 radical (unpaired) electrons. The first-order valence-corrected chi connectivity index (χ1v) is 9.84. The van der Waals surface area contributed by atoms with E-state index in [4.69, 9.17) is 4.74 Å². The quantitative estimate of drug-likeness (QED) is 0.773. The van der Waals surface area contributed by atoms with Crippen molar-refractivity contribution >= 4 is 10.8 Å². The maximum Gasteiger partial charge on any atom is 0.123 e. The highest BCUT2D eigenvalue weighted by Gasteiger charge is 2.18. The number of hydrogen-bond donors (Lipinski definition) is 0. The van der Waals surface area contributed by atoms with Crippen LogP contribution >= 0.6 is 0 Å². The van der Waals surface area contributed by atoms with Gasteiger partial charge in [0.25, 0.3) is 0 Å². The van der Waals surface area contributed by atoms with Crippen LogP contribution in [0.15, 0.2) is 36.5 Å². The molecule has 1 aromatic heterocycles. The molecular weight excluding hydrogens is 308 g/mol. The Kier molecular flexibility index (Phi) is 5.49. The number of aromatic nitrogens is 2. The molecule has 1 heterocycles. The summed E-state index contributed by atoms with van der Waals surface area (Å²) in [4.78, 5) is 0. The minimum Gasteiger partial charge on any atom is -0.494 e. The Morgan fingerprint density at radius 2 is 2.00 bits per heavy atom. The number of hydrogen-bond acceptors (Lipinski definition) is 3. The van der Waals surface area contributed by atoms with Crippen molar-refractivity contribution in [2.24, 2.45) is 0 Å². The smallest absolute Gasteiger partial charge is 0.123 e. The van der Waals surface area contributed by atoms with Crippen molar-refractivity contribution in [3.8, 4) is 5.75 Å². The van der Waals surface area contributed by atoms with Gasteiger partial charge in [-0.2, -0.15) is 5.10 Å². The molecule has 1 fully saturated rings. The molecule has 0 N–H and O–H groups in total. The summed E-state index contributed by atoms with van der Waals surface area (Å²) < 4.78 is 20.1. The maximum absolute atomic E-state index is 12.5. The molecule has 124 valence electrons. The summed E-state index contributed by atoms with van der Waals surface area (Å²) in [6.45, 7) is 2.58. The zero-order chi connectivity index (χ0) is 16.1. The molecule has 1 aliphatic carbocycles. The third-order valence-electron chi connectivity index (χ3n) is 4.26. The summed E-state index contributed by atoms with van der Waals surface area (Å²) in [5.74, 6) is 1.84. The predicted octanol–water partition coefficient (Wildman–Crippen LogP) is 3.85. The lowest BCUT2D eigenvalue weighted by molar-refractivity contribution is 0.337. The summed E-state index contributed by atoms with van der Waals surface area (Å²) in [6, 6.07) is 10.4. The van der Waals surface area contributed by atoms with Gasteiger partial charge in [-0.15, -0.1) is 0 Å². The summed E-state index contributed by atoms with van der Waals surface area (Å²) in [5, 5.41) is 4.62. The Morgan fingerprint density at radius 3 is 2.78 bits per heavy atom. The van der Waals surface area contributed by atoms with Crippen LogP contribution in [0.25, 0.3) is 0 Å². The molecular formula is C18H24N2O2S. The van der Waals surface area contributed by atoms with Gasteiger partial charge in [-0.05, 0) is 31.9 Å². The van der Waals surface area contributed by atoms with Gasteiger partial charge >= 0.3 is 0 Å². The first-order chi connectivity index (χ1) is 11.3. The molecule has 0 amide bonds. The predicted molar refractivity (Wildman–Crippen MR) is 92.9 cm³/mol. The van der Waals surface area contributed by atoms with Crippen LogP contribution in [0.4, 0.5) is 0 Å². The van der Waals surface area contributed by atoms with E-state index in [0.717, 1.165) is 17.0 Å². The summed E-state index contributed by atoms with van der Waals surface area (Å²) in [5.41, 5.74) is 1.92. The Balaban J connectivity index is 1.61. The van der Waals surface area contributed by atoms with E-state index in [1.807, 2.05) is 43.5 Å². The first-order valence-electron chi connectivity index (χ1n) is 8.36. The Bertz CT molecular complexity index is 663. The molecule has 1 aliphatic rings. The van der Waals surface area contributed by atoms with E-state index in [-0.39, 0.29) is 0 Å². The maximum atomic E-state index is 12.5. The molecule has 0 spiro atoms. The lowest BCUT2D eigenvalue weighted by Gasteiger charge is -2.10. The highest BCUT2D eigenvalue weighted by molar-refractivity contribution is 7.83. The molecule has 4 nitrogen and oxygen atoms in total. The molecule has 2 aromatic rings. The van der Waals surface area contributed by atoms with Gasteiger partial charge in [0, 0.05) is 22.6 Å². The second-order valence-corrected chi connectivity index (χ2v) is 7.45. The molecule has 0 unspecified atom stereocenters. The van der Waals surface area contributed by atoms with Gasteiger partial charge in [0.05, 0.1) is 29.8 Å². The summed E-state index contributed by atoms with van der Waals surface area (Å²) in [7, 11) is -0.980. The molecule has 0 saturated heterocycles. The monoisotopic (exact) mass is 332 g/mol. The summed E-state index contributed by atoms with van der Waals surface area (Å²) in [6.07, 6.45) is 7.05. The molecule has 5 heteroatoms. The third kappa shape index (κ3) is 4.22. The zero-order valence-electron chi connectivity index (χ0n) is 13.6. The van der Waals surface area contributed by atoms with Crippen molar-refractivity contribution in [2.45, 2.75) is 50.2 Å². The Hall–Kier alpha value is -1.62. The van der Waals surface area contributed by atoms with Crippen LogP contribution in [0.1, 0.15) is 49.9 Å². The van der Waals surface area contributed by atoms with Gasteiger partial charge in [-0.25, -0.2) is 0 Å². The summed E-state index contributed by atoms with van der Waals surface area (Å²) >= 11 is 0. The van der Waals surface area contributed by atoms with Crippen molar-refractivity contribution in [2.75, 3.05) is 6.61 Å². The third-order valence-corrected chi connectivity index (χ3v) is 5.51. The molecule has 1 saturated carbocycles. The van der Waals surface area contributed by atoms with E-state index in [1.165, 1.54) is 25.7 Å². The van der Waals surface area contributed by atoms with Crippen molar-refractivity contribution < 1.29 is 8.95 Å². The second kappa shape index (κ2) is 7.77. The van der Waals surface area contributed by atoms with Crippen molar-refractivity contribution in [1.82, 2.24) is 9.78 Å². The van der Waals surface area contributed by atoms with Crippen LogP contribution < -0.4 is 4.74 Å². The van der Waals surface area contributed by atoms with Crippen LogP contribution in [-0.4, -0.2) is 20.6 Å². The highest BCUT2D eigenvalue weighted by Crippen LogP contribution is 2.29. The van der Waals surface area contributed by atoms with Crippen molar-refractivity contribution in [3.05, 3.63) is 47.8 Å². The molecule has 0 bridgehead atoms. The number of ether oxygens (including phenoxy) is 1. The van der Waals surface area contributed by atoms with Gasteiger partial charge in [0.2, 0.25) is 0 Å². The fraction of sp³-hybridized carbons (Fsp3) is 0.500. The minimum atomic E-state index is -0.980. The number of nitrogens with zero attached hydrogens (tertiary/aromatic N) is 2. The van der Waals surface area contributed by atoms with E-state index in [1.54, 1.807) is 0 Å². The fourth-order valence-electron chi connectivity index (χ4n) is 3.14. The Labute approximate surface area is 140 Å². The minimum absolute atomic E-state index is 0.500. The van der Waals surface area contributed by atoms with Gasteiger partial charge in [0.1, 0.15) is 5.75 Å². The largest absolute Gasteiger partial charge is 0.494 e. The van der Waals surface area contributed by atoms with E-state index in [0.29, 0.717) is 24.2 Å². The standard InChI is InChI=1S/C18H24N2O2S/c1-2-22-18-10-6-3-7-15(18)13-23(21)14-16-11-12-20(19-16)17-8-4-5-9-17/h3,6-7,10-12,17H,2,4-5,8-9,13-14H2,1H3/t23-/m1/s1. The second-order valence-electron chi connectivity index (χ2n) is 5.99. The van der Waals surface area contributed by atoms with E-state index in [9.17, 15) is 4.21 Å². The van der Waals surface area contributed by atoms with Crippen LogP contribution in [0.2, 0.25) is 0 Å². The first kappa shape index (κ1) is 16.2. The Morgan fingerprint density at radius 1 is 1.22 bits per heavy atom. The number of rotatable bonds is 7. The van der Waals surface area contributed by atoms with Crippen LogP contribution in [-0.2, 0) is 22.3 Å². The number of benzene rings is 1. The molecule has 1 atom stereocenters. The normalized spacial score (nSPS) is 16.6. The molecule has 23 heavy (non-hydrogen) atoms. The average molecular weight is 332 g/mol. The molecule has 1 aromatic carbocycles. The molecule has 0 aliphatic heterocycles. The van der Waals surface area contributed by atoms with E-state index < -0.39 is 10.8 Å². The topological polar surface area (TPSA) is 44.1 Å². The SMILES string of the molecule is CCOc1ccccc1C[S@@](=O)Cc1ccn(C2CCCC2)n1. The van der Waals surface area contributed by atoms with Crippen LogP contribution in [0.5, 0.6) is 5.75 Å². The van der Waals surface area contributed by atoms with Crippen molar-refractivity contribution in [3.63, 3.8) is 0 Å². The fourth-order valence-corrected chi connectivity index (χ4v) is 4.31. The van der Waals surface area contributed by atoms with E-state index >= 15 is 0 Å². The van der Waals surface area contributed by atoms with Gasteiger partial charge in [-0.1, -0.05) is 31.0 Å². The number of para-hydroxylation sites is 1. The van der Waals surface area contributed by atoms with Crippen molar-refractivity contribution in [1.29, 1.82) is 0 Å². The lowest BCUT2D eigenvalue weighted by Crippen LogP contribution is -2.07. The zero-order valence-corrected chi connectivity index (χ0v) is 14.4. The highest BCUT2D eigenvalue weighted by atomic mass is 32.2. The van der Waals surface area contributed by atoms with Crippen LogP contribution in [0.3, 0.4) is 0 Å². The lowest BCUT2D eigenvalue weighted by atomic mass is 10.2. The van der Waals surface area contributed by atoms with Gasteiger partial charge < -0.3 is 4.74 Å². The average Bonchev–Trinajstić information content (AvgIpc) is 3.20.